The molecule has 0 saturated heterocycles. The van der Waals surface area contributed by atoms with Gasteiger partial charge in [0.1, 0.15) is 22.3 Å². The first-order valence-electron chi connectivity index (χ1n) is 18.2. The minimum atomic E-state index is 0.591. The van der Waals surface area contributed by atoms with Crippen molar-refractivity contribution in [3.05, 3.63) is 145 Å². The molecular formula is C47H23N7O2. The molecule has 0 aliphatic heterocycles. The van der Waals surface area contributed by atoms with Gasteiger partial charge in [-0.25, -0.2) is 9.97 Å². The molecule has 0 saturated carbocycles. The summed E-state index contributed by atoms with van der Waals surface area (Å²) in [6.07, 6.45) is 5.76. The molecule has 0 aliphatic carbocycles. The van der Waals surface area contributed by atoms with E-state index in [2.05, 4.69) is 109 Å². The van der Waals surface area contributed by atoms with E-state index >= 15 is 0 Å². The SMILES string of the molecule is C#Cc1ccc2oc3ccc(-n4c5ccccc5n5c6cc7nc8n(-c9ccc%10oc%11ccc(C#N)cc%11c%10c9)c9ccccc9n8c7cc6nc45)cc3c2c1. The van der Waals surface area contributed by atoms with Crippen LogP contribution in [-0.2, 0) is 0 Å². The summed E-state index contributed by atoms with van der Waals surface area (Å²) in [5.41, 5.74) is 14.2. The minimum absolute atomic E-state index is 0.591. The lowest BCUT2D eigenvalue weighted by atomic mass is 10.1. The molecule has 0 radical (unpaired) electrons. The van der Waals surface area contributed by atoms with E-state index in [0.717, 1.165) is 117 Å². The van der Waals surface area contributed by atoms with Crippen LogP contribution in [0.15, 0.2) is 142 Å². The molecule has 0 bridgehead atoms. The summed E-state index contributed by atoms with van der Waals surface area (Å²) in [7, 11) is 0. The van der Waals surface area contributed by atoms with Crippen LogP contribution in [0.2, 0.25) is 0 Å². The number of nitriles is 1. The summed E-state index contributed by atoms with van der Waals surface area (Å²) in [6.45, 7) is 0. The summed E-state index contributed by atoms with van der Waals surface area (Å²) >= 11 is 0. The number of imidazole rings is 4. The van der Waals surface area contributed by atoms with E-state index in [0.29, 0.717) is 5.56 Å². The van der Waals surface area contributed by atoms with Crippen molar-refractivity contribution in [1.82, 2.24) is 27.9 Å². The molecule has 6 heterocycles. The molecule has 7 aromatic carbocycles. The van der Waals surface area contributed by atoms with Crippen LogP contribution in [0.5, 0.6) is 0 Å². The normalized spacial score (nSPS) is 12.2. The molecule has 13 aromatic rings. The molecule has 0 amide bonds. The third kappa shape index (κ3) is 3.68. The van der Waals surface area contributed by atoms with E-state index in [1.54, 1.807) is 6.07 Å². The average molecular weight is 718 g/mol. The van der Waals surface area contributed by atoms with Crippen molar-refractivity contribution >= 4 is 99.6 Å². The first-order valence-corrected chi connectivity index (χ1v) is 18.2. The number of rotatable bonds is 2. The quantitative estimate of drug-likeness (QED) is 0.166. The van der Waals surface area contributed by atoms with Crippen LogP contribution < -0.4 is 0 Å². The van der Waals surface area contributed by atoms with Crippen LogP contribution in [0.4, 0.5) is 0 Å². The molecule has 9 heteroatoms. The highest BCUT2D eigenvalue weighted by atomic mass is 16.3. The molecule has 9 nitrogen and oxygen atoms in total. The van der Waals surface area contributed by atoms with Gasteiger partial charge in [0, 0.05) is 27.1 Å². The van der Waals surface area contributed by atoms with Crippen LogP contribution in [0, 0.1) is 23.7 Å². The van der Waals surface area contributed by atoms with Crippen LogP contribution in [0.1, 0.15) is 11.1 Å². The Hall–Kier alpha value is -8.27. The van der Waals surface area contributed by atoms with Gasteiger partial charge in [-0.2, -0.15) is 5.26 Å². The third-order valence-corrected chi connectivity index (χ3v) is 11.2. The number of terminal acetylenes is 1. The van der Waals surface area contributed by atoms with Gasteiger partial charge >= 0.3 is 0 Å². The molecule has 0 unspecified atom stereocenters. The molecule has 0 atom stereocenters. The summed E-state index contributed by atoms with van der Waals surface area (Å²) in [4.78, 5) is 10.7. The van der Waals surface area contributed by atoms with Crippen molar-refractivity contribution in [2.75, 3.05) is 0 Å². The van der Waals surface area contributed by atoms with E-state index in [-0.39, 0.29) is 0 Å². The first kappa shape index (κ1) is 29.2. The number of aromatic nitrogens is 6. The Balaban J connectivity index is 1.06. The lowest BCUT2D eigenvalue weighted by Gasteiger charge is -2.05. The highest BCUT2D eigenvalue weighted by Crippen LogP contribution is 2.38. The maximum Gasteiger partial charge on any atom is 0.220 e. The maximum atomic E-state index is 9.60. The van der Waals surface area contributed by atoms with Gasteiger partial charge in [0.05, 0.1) is 67.1 Å². The van der Waals surface area contributed by atoms with E-state index in [4.69, 9.17) is 25.2 Å². The molecule has 13 rings (SSSR count). The Morgan fingerprint density at radius 3 is 1.38 bits per heavy atom. The number of para-hydroxylation sites is 4. The van der Waals surface area contributed by atoms with Crippen molar-refractivity contribution in [1.29, 1.82) is 5.26 Å². The summed E-state index contributed by atoms with van der Waals surface area (Å²) in [5.74, 6) is 4.34. The Bertz CT molecular complexity index is 3720. The smallest absolute Gasteiger partial charge is 0.220 e. The van der Waals surface area contributed by atoms with Crippen LogP contribution in [-0.4, -0.2) is 27.9 Å². The van der Waals surface area contributed by atoms with E-state index < -0.39 is 0 Å². The largest absolute Gasteiger partial charge is 0.456 e. The highest BCUT2D eigenvalue weighted by molar-refractivity contribution is 6.08. The van der Waals surface area contributed by atoms with Gasteiger partial charge in [0.15, 0.2) is 0 Å². The fourth-order valence-corrected chi connectivity index (χ4v) is 8.78. The van der Waals surface area contributed by atoms with Crippen molar-refractivity contribution in [3.63, 3.8) is 0 Å². The third-order valence-electron chi connectivity index (χ3n) is 11.2. The van der Waals surface area contributed by atoms with Gasteiger partial charge in [-0.05, 0) is 109 Å². The maximum absolute atomic E-state index is 9.60. The summed E-state index contributed by atoms with van der Waals surface area (Å²) in [6, 6.07) is 47.1. The van der Waals surface area contributed by atoms with Gasteiger partial charge in [-0.3, -0.25) is 17.9 Å². The second-order valence-corrected chi connectivity index (χ2v) is 14.2. The fourth-order valence-electron chi connectivity index (χ4n) is 8.78. The molecule has 0 aliphatic rings. The molecular weight excluding hydrogens is 695 g/mol. The molecule has 56 heavy (non-hydrogen) atoms. The zero-order valence-corrected chi connectivity index (χ0v) is 29.2. The first-order chi connectivity index (χ1) is 27.6. The van der Waals surface area contributed by atoms with E-state index in [1.807, 2.05) is 48.5 Å². The molecule has 0 fully saturated rings. The van der Waals surface area contributed by atoms with Crippen molar-refractivity contribution in [2.24, 2.45) is 0 Å². The van der Waals surface area contributed by atoms with E-state index in [1.165, 1.54) is 0 Å². The second kappa shape index (κ2) is 10.2. The standard InChI is InChI=1S/C47H23N7O2/c1-2-26-11-15-42-30(19-26)32-21-28(13-17-44(32)55-42)51-36-7-3-5-9-38(36)53-40-24-35-41(23-34(40)49-46(51)53)54-39-10-6-4-8-37(39)52(47(54)50-35)29-14-18-45-33(22-29)31-20-27(25-48)12-16-43(31)56-45/h1,3-24H. The van der Waals surface area contributed by atoms with Crippen molar-refractivity contribution in [2.45, 2.75) is 0 Å². The summed E-state index contributed by atoms with van der Waals surface area (Å²) < 4.78 is 21.2. The van der Waals surface area contributed by atoms with Gasteiger partial charge in [0.25, 0.3) is 0 Å². The lowest BCUT2D eigenvalue weighted by molar-refractivity contribution is 0.668. The van der Waals surface area contributed by atoms with E-state index in [9.17, 15) is 5.26 Å². The number of furan rings is 2. The van der Waals surface area contributed by atoms with Crippen molar-refractivity contribution in [3.8, 4) is 29.8 Å². The van der Waals surface area contributed by atoms with Crippen LogP contribution in [0.3, 0.4) is 0 Å². The topological polar surface area (TPSA) is 94.5 Å². The molecule has 0 spiro atoms. The second-order valence-electron chi connectivity index (χ2n) is 14.2. The van der Waals surface area contributed by atoms with Crippen molar-refractivity contribution < 1.29 is 8.83 Å². The van der Waals surface area contributed by atoms with Crippen LogP contribution >= 0.6 is 0 Å². The van der Waals surface area contributed by atoms with Gasteiger partial charge in [-0.1, -0.05) is 30.2 Å². The lowest BCUT2D eigenvalue weighted by Crippen LogP contribution is -1.95. The molecule has 0 N–H and O–H groups in total. The molecule has 6 aromatic heterocycles. The number of hydrogen-bond acceptors (Lipinski definition) is 5. The number of nitrogens with zero attached hydrogens (tertiary/aromatic N) is 7. The fraction of sp³-hybridized carbons (Fsp3) is 0. The predicted octanol–water partition coefficient (Wildman–Crippen LogP) is 10.8. The Labute approximate surface area is 315 Å². The minimum Gasteiger partial charge on any atom is -0.456 e. The monoisotopic (exact) mass is 717 g/mol. The highest BCUT2D eigenvalue weighted by Gasteiger charge is 2.23. The number of hydrogen-bond donors (Lipinski definition) is 0. The zero-order valence-electron chi connectivity index (χ0n) is 29.2. The zero-order chi connectivity index (χ0) is 36.8. The van der Waals surface area contributed by atoms with Gasteiger partial charge in [-0.15, -0.1) is 6.42 Å². The predicted molar refractivity (Wildman–Crippen MR) is 220 cm³/mol. The number of benzene rings is 7. The van der Waals surface area contributed by atoms with Gasteiger partial charge < -0.3 is 8.83 Å². The summed E-state index contributed by atoms with van der Waals surface area (Å²) in [5, 5.41) is 13.4. The Morgan fingerprint density at radius 1 is 0.464 bits per heavy atom. The Morgan fingerprint density at radius 2 is 0.893 bits per heavy atom. The van der Waals surface area contributed by atoms with Crippen LogP contribution in [0.25, 0.3) is 111 Å². The Kier molecular flexibility index (Phi) is 5.34. The molecule has 258 valence electrons. The number of fused-ring (bicyclic) bond motifs is 16. The van der Waals surface area contributed by atoms with Gasteiger partial charge in [0.2, 0.25) is 11.6 Å². The average Bonchev–Trinajstić information content (AvgIpc) is 4.07.